The Kier molecular flexibility index (Phi) is 5.64. The molecule has 2 amide bonds. The van der Waals surface area contributed by atoms with Crippen LogP contribution in [0.15, 0.2) is 46.9 Å². The summed E-state index contributed by atoms with van der Waals surface area (Å²) in [6.07, 6.45) is 0. The number of amides is 2. The summed E-state index contributed by atoms with van der Waals surface area (Å²) in [4.78, 5) is 34.0. The molecule has 0 fully saturated rings. The van der Waals surface area contributed by atoms with Gasteiger partial charge in [0.25, 0.3) is 11.6 Å². The van der Waals surface area contributed by atoms with Gasteiger partial charge in [0.05, 0.1) is 11.5 Å². The Morgan fingerprint density at radius 2 is 1.96 bits per heavy atom. The molecule has 2 aromatic rings. The zero-order valence-electron chi connectivity index (χ0n) is 12.7. The highest BCUT2D eigenvalue weighted by atomic mass is 79.9. The first-order chi connectivity index (χ1) is 11.4. The molecule has 0 aliphatic heterocycles. The predicted octanol–water partition coefficient (Wildman–Crippen LogP) is 3.03. The van der Waals surface area contributed by atoms with Crippen LogP contribution in [0.3, 0.4) is 0 Å². The number of rotatable bonds is 5. The van der Waals surface area contributed by atoms with Crippen LogP contribution in [0.4, 0.5) is 11.4 Å². The Labute approximate surface area is 146 Å². The fraction of sp³-hybridized carbons (Fsp3) is 0.125. The molecule has 2 N–H and O–H groups in total. The maximum absolute atomic E-state index is 12.0. The van der Waals surface area contributed by atoms with Crippen LogP contribution in [0, 0.1) is 17.0 Å². The monoisotopic (exact) mass is 391 g/mol. The Morgan fingerprint density at radius 3 is 2.62 bits per heavy atom. The summed E-state index contributed by atoms with van der Waals surface area (Å²) in [6, 6.07) is 10.7. The summed E-state index contributed by atoms with van der Waals surface area (Å²) in [7, 11) is 0. The highest BCUT2D eigenvalue weighted by Gasteiger charge is 2.13. The standard InChI is InChI=1S/C16H14BrN3O4/c1-10-7-12(17)5-6-14(10)19-15(21)9-18-16(22)11-3-2-4-13(8-11)20(23)24/h2-8H,9H2,1H3,(H,18,22)(H,19,21). The lowest BCUT2D eigenvalue weighted by Crippen LogP contribution is -2.33. The van der Waals surface area contributed by atoms with Crippen molar-refractivity contribution in [2.75, 3.05) is 11.9 Å². The Balaban J connectivity index is 1.95. The van der Waals surface area contributed by atoms with Crippen LogP contribution < -0.4 is 10.6 Å². The van der Waals surface area contributed by atoms with E-state index in [4.69, 9.17) is 0 Å². The average Bonchev–Trinajstić information content (AvgIpc) is 2.55. The van der Waals surface area contributed by atoms with Gasteiger partial charge in [-0.05, 0) is 36.8 Å². The van der Waals surface area contributed by atoms with E-state index in [1.165, 1.54) is 18.2 Å². The van der Waals surface area contributed by atoms with Crippen LogP contribution in [0.5, 0.6) is 0 Å². The number of nitro benzene ring substituents is 1. The molecule has 7 nitrogen and oxygen atoms in total. The Bertz CT molecular complexity index is 808. The van der Waals surface area contributed by atoms with E-state index >= 15 is 0 Å². The van der Waals surface area contributed by atoms with Crippen LogP contribution in [-0.4, -0.2) is 23.3 Å². The van der Waals surface area contributed by atoms with Crippen molar-refractivity contribution >= 4 is 39.1 Å². The number of anilines is 1. The van der Waals surface area contributed by atoms with Gasteiger partial charge in [0.15, 0.2) is 0 Å². The fourth-order valence-corrected chi connectivity index (χ4v) is 2.46. The molecule has 0 heterocycles. The van der Waals surface area contributed by atoms with E-state index in [1.54, 1.807) is 12.1 Å². The van der Waals surface area contributed by atoms with E-state index in [0.717, 1.165) is 16.1 Å². The first kappa shape index (κ1) is 17.6. The number of non-ortho nitro benzene ring substituents is 1. The van der Waals surface area contributed by atoms with Gasteiger partial charge in [0, 0.05) is 27.9 Å². The van der Waals surface area contributed by atoms with E-state index in [2.05, 4.69) is 26.6 Å². The molecule has 0 aromatic heterocycles. The molecule has 0 atom stereocenters. The molecule has 0 aliphatic rings. The van der Waals surface area contributed by atoms with Crippen LogP contribution in [0.1, 0.15) is 15.9 Å². The van der Waals surface area contributed by atoms with Gasteiger partial charge >= 0.3 is 0 Å². The Morgan fingerprint density at radius 1 is 1.21 bits per heavy atom. The van der Waals surface area contributed by atoms with Crippen LogP contribution in [-0.2, 0) is 4.79 Å². The number of carbonyl (C=O) groups excluding carboxylic acids is 2. The number of carbonyl (C=O) groups is 2. The van der Waals surface area contributed by atoms with Crippen LogP contribution >= 0.6 is 15.9 Å². The molecule has 0 bridgehead atoms. The Hall–Kier alpha value is -2.74. The summed E-state index contributed by atoms with van der Waals surface area (Å²) >= 11 is 3.34. The molecule has 0 aliphatic carbocycles. The minimum absolute atomic E-state index is 0.122. The second kappa shape index (κ2) is 7.69. The molecule has 124 valence electrons. The third-order valence-corrected chi connectivity index (χ3v) is 3.68. The first-order valence-corrected chi connectivity index (χ1v) is 7.75. The number of benzene rings is 2. The average molecular weight is 392 g/mol. The lowest BCUT2D eigenvalue weighted by atomic mass is 10.2. The smallest absolute Gasteiger partial charge is 0.270 e. The van der Waals surface area contributed by atoms with Gasteiger partial charge in [-0.2, -0.15) is 0 Å². The maximum atomic E-state index is 12.0. The lowest BCUT2D eigenvalue weighted by Gasteiger charge is -2.09. The third-order valence-electron chi connectivity index (χ3n) is 3.19. The number of nitrogens with one attached hydrogen (secondary N) is 2. The molecule has 0 spiro atoms. The molecule has 24 heavy (non-hydrogen) atoms. The third kappa shape index (κ3) is 4.63. The summed E-state index contributed by atoms with van der Waals surface area (Å²) in [5.74, 6) is -0.944. The molecule has 8 heteroatoms. The summed E-state index contributed by atoms with van der Waals surface area (Å²) in [5.41, 5.74) is 1.46. The highest BCUT2D eigenvalue weighted by molar-refractivity contribution is 9.10. The minimum Gasteiger partial charge on any atom is -0.343 e. The molecule has 0 saturated heterocycles. The zero-order valence-corrected chi connectivity index (χ0v) is 14.3. The van der Waals surface area contributed by atoms with Crippen LogP contribution in [0.25, 0.3) is 0 Å². The fourth-order valence-electron chi connectivity index (χ4n) is 1.99. The van der Waals surface area contributed by atoms with Gasteiger partial charge in [-0.15, -0.1) is 0 Å². The van der Waals surface area contributed by atoms with E-state index < -0.39 is 10.8 Å². The number of nitrogens with zero attached hydrogens (tertiary/aromatic N) is 1. The van der Waals surface area contributed by atoms with Gasteiger partial charge in [0.1, 0.15) is 0 Å². The lowest BCUT2D eigenvalue weighted by molar-refractivity contribution is -0.384. The minimum atomic E-state index is -0.584. The van der Waals surface area contributed by atoms with E-state index in [-0.39, 0.29) is 23.7 Å². The molecule has 0 radical (unpaired) electrons. The number of aryl methyl sites for hydroxylation is 1. The van der Waals surface area contributed by atoms with Gasteiger partial charge < -0.3 is 10.6 Å². The second-order valence-electron chi connectivity index (χ2n) is 5.00. The largest absolute Gasteiger partial charge is 0.343 e. The molecular weight excluding hydrogens is 378 g/mol. The summed E-state index contributed by atoms with van der Waals surface area (Å²) in [5, 5.41) is 15.8. The van der Waals surface area contributed by atoms with Crippen molar-refractivity contribution in [3.05, 3.63) is 68.2 Å². The van der Waals surface area contributed by atoms with Crippen molar-refractivity contribution < 1.29 is 14.5 Å². The second-order valence-corrected chi connectivity index (χ2v) is 5.91. The zero-order chi connectivity index (χ0) is 17.7. The van der Waals surface area contributed by atoms with Crippen molar-refractivity contribution in [2.45, 2.75) is 6.92 Å². The van der Waals surface area contributed by atoms with Crippen molar-refractivity contribution in [1.82, 2.24) is 5.32 Å². The molecule has 0 unspecified atom stereocenters. The normalized spacial score (nSPS) is 10.1. The number of halogens is 1. The van der Waals surface area contributed by atoms with E-state index in [0.29, 0.717) is 5.69 Å². The molecule has 2 rings (SSSR count). The van der Waals surface area contributed by atoms with E-state index in [9.17, 15) is 19.7 Å². The summed E-state index contributed by atoms with van der Waals surface area (Å²) in [6.45, 7) is 1.61. The molecule has 2 aromatic carbocycles. The molecular formula is C16H14BrN3O4. The SMILES string of the molecule is Cc1cc(Br)ccc1NC(=O)CNC(=O)c1cccc([N+](=O)[O-])c1. The van der Waals surface area contributed by atoms with Crippen molar-refractivity contribution in [1.29, 1.82) is 0 Å². The van der Waals surface area contributed by atoms with Gasteiger partial charge in [-0.3, -0.25) is 19.7 Å². The van der Waals surface area contributed by atoms with Crippen LogP contribution in [0.2, 0.25) is 0 Å². The van der Waals surface area contributed by atoms with Crippen molar-refractivity contribution in [3.63, 3.8) is 0 Å². The quantitative estimate of drug-likeness (QED) is 0.603. The predicted molar refractivity (Wildman–Crippen MR) is 92.9 cm³/mol. The number of nitro groups is 1. The number of hydrogen-bond donors (Lipinski definition) is 2. The van der Waals surface area contributed by atoms with E-state index in [1.807, 2.05) is 13.0 Å². The number of hydrogen-bond acceptors (Lipinski definition) is 4. The summed E-state index contributed by atoms with van der Waals surface area (Å²) < 4.78 is 0.900. The van der Waals surface area contributed by atoms with Gasteiger partial charge in [0.2, 0.25) is 5.91 Å². The topological polar surface area (TPSA) is 101 Å². The maximum Gasteiger partial charge on any atom is 0.270 e. The van der Waals surface area contributed by atoms with Gasteiger partial charge in [-0.25, -0.2) is 0 Å². The van der Waals surface area contributed by atoms with Crippen molar-refractivity contribution in [3.8, 4) is 0 Å². The molecule has 0 saturated carbocycles. The first-order valence-electron chi connectivity index (χ1n) is 6.95. The highest BCUT2D eigenvalue weighted by Crippen LogP contribution is 2.19. The van der Waals surface area contributed by atoms with Crippen molar-refractivity contribution in [2.24, 2.45) is 0 Å². The van der Waals surface area contributed by atoms with Gasteiger partial charge in [-0.1, -0.05) is 22.0 Å².